The van der Waals surface area contributed by atoms with Crippen LogP contribution in [0.5, 0.6) is 0 Å². The second kappa shape index (κ2) is 6.37. The highest BCUT2D eigenvalue weighted by atomic mass is 16.5. The first-order chi connectivity index (χ1) is 10.2. The number of terminal acetylenes is 1. The van der Waals surface area contributed by atoms with Crippen LogP contribution in [0.25, 0.3) is 0 Å². The molecule has 3 fully saturated rings. The van der Waals surface area contributed by atoms with Gasteiger partial charge in [-0.25, -0.2) is 0 Å². The first kappa shape index (κ1) is 14.9. The second-order valence-corrected chi connectivity index (χ2v) is 6.73. The van der Waals surface area contributed by atoms with Gasteiger partial charge in [-0.1, -0.05) is 19.3 Å². The van der Waals surface area contributed by atoms with E-state index in [0.29, 0.717) is 6.42 Å². The molecule has 2 saturated heterocycles. The topological polar surface area (TPSA) is 32.8 Å². The number of nitrogens with zero attached hydrogens (tertiary/aromatic N) is 2. The number of hydrogen-bond donors (Lipinski definition) is 0. The molecule has 0 bridgehead atoms. The number of morpholine rings is 1. The first-order valence-electron chi connectivity index (χ1n) is 8.30. The molecule has 1 amide bonds. The van der Waals surface area contributed by atoms with Gasteiger partial charge in [0.25, 0.3) is 0 Å². The van der Waals surface area contributed by atoms with Crippen LogP contribution in [-0.2, 0) is 9.53 Å². The zero-order valence-corrected chi connectivity index (χ0v) is 12.9. The van der Waals surface area contributed by atoms with E-state index in [-0.39, 0.29) is 17.4 Å². The molecule has 3 aliphatic rings. The minimum Gasteiger partial charge on any atom is -0.379 e. The standard InChI is InChI=1S/C17H26N2O2/c1-2-15-12-16(20)18(13-15)14-17(6-4-3-5-7-17)19-8-10-21-11-9-19/h1,15H,3-14H2. The summed E-state index contributed by atoms with van der Waals surface area (Å²) < 4.78 is 5.51. The zero-order valence-electron chi connectivity index (χ0n) is 12.9. The highest BCUT2D eigenvalue weighted by molar-refractivity contribution is 5.79. The van der Waals surface area contributed by atoms with Gasteiger partial charge in [-0.05, 0) is 12.8 Å². The fraction of sp³-hybridized carbons (Fsp3) is 0.824. The Bertz CT molecular complexity index is 417. The molecule has 1 aliphatic carbocycles. The van der Waals surface area contributed by atoms with Gasteiger partial charge in [0.2, 0.25) is 5.91 Å². The van der Waals surface area contributed by atoms with Gasteiger partial charge >= 0.3 is 0 Å². The maximum absolute atomic E-state index is 12.2. The summed E-state index contributed by atoms with van der Waals surface area (Å²) in [6.45, 7) is 5.26. The van der Waals surface area contributed by atoms with E-state index >= 15 is 0 Å². The van der Waals surface area contributed by atoms with Crippen molar-refractivity contribution in [2.75, 3.05) is 39.4 Å². The Hall–Kier alpha value is -1.05. The molecular formula is C17H26N2O2. The molecule has 0 aromatic rings. The molecule has 0 aromatic carbocycles. The Kier molecular flexibility index (Phi) is 4.51. The third-order valence-corrected chi connectivity index (χ3v) is 5.40. The van der Waals surface area contributed by atoms with Crippen LogP contribution in [-0.4, -0.2) is 60.6 Å². The number of ether oxygens (including phenoxy) is 1. The van der Waals surface area contributed by atoms with Crippen LogP contribution in [0.1, 0.15) is 38.5 Å². The summed E-state index contributed by atoms with van der Waals surface area (Å²) in [6, 6.07) is 0. The van der Waals surface area contributed by atoms with E-state index in [0.717, 1.165) is 39.4 Å². The van der Waals surface area contributed by atoms with Gasteiger partial charge in [0.1, 0.15) is 0 Å². The van der Waals surface area contributed by atoms with Gasteiger partial charge < -0.3 is 9.64 Å². The number of carbonyl (C=O) groups is 1. The highest BCUT2D eigenvalue weighted by Crippen LogP contribution is 2.36. The average Bonchev–Trinajstić information content (AvgIpc) is 2.89. The molecule has 4 nitrogen and oxygen atoms in total. The summed E-state index contributed by atoms with van der Waals surface area (Å²) in [7, 11) is 0. The van der Waals surface area contributed by atoms with Crippen molar-refractivity contribution < 1.29 is 9.53 Å². The van der Waals surface area contributed by atoms with E-state index in [1.807, 2.05) is 4.90 Å². The van der Waals surface area contributed by atoms with E-state index in [2.05, 4.69) is 10.8 Å². The molecule has 0 spiro atoms. The smallest absolute Gasteiger partial charge is 0.223 e. The van der Waals surface area contributed by atoms with Crippen molar-refractivity contribution in [2.45, 2.75) is 44.1 Å². The molecule has 21 heavy (non-hydrogen) atoms. The lowest BCUT2D eigenvalue weighted by Crippen LogP contribution is -2.59. The van der Waals surface area contributed by atoms with Crippen molar-refractivity contribution in [2.24, 2.45) is 5.92 Å². The van der Waals surface area contributed by atoms with Crippen molar-refractivity contribution >= 4 is 5.91 Å². The molecule has 0 aromatic heterocycles. The van der Waals surface area contributed by atoms with Crippen molar-refractivity contribution in [3.63, 3.8) is 0 Å². The van der Waals surface area contributed by atoms with E-state index < -0.39 is 0 Å². The van der Waals surface area contributed by atoms with Crippen LogP contribution >= 0.6 is 0 Å². The Balaban J connectivity index is 1.73. The minimum atomic E-state index is 0.114. The third kappa shape index (κ3) is 3.09. The second-order valence-electron chi connectivity index (χ2n) is 6.73. The summed E-state index contributed by atoms with van der Waals surface area (Å²) in [5.74, 6) is 3.12. The number of carbonyl (C=O) groups excluding carboxylic acids is 1. The predicted molar refractivity (Wildman–Crippen MR) is 81.7 cm³/mol. The first-order valence-corrected chi connectivity index (χ1v) is 8.30. The molecular weight excluding hydrogens is 264 g/mol. The average molecular weight is 290 g/mol. The number of likely N-dealkylation sites (tertiary alicyclic amines) is 1. The molecule has 1 saturated carbocycles. The van der Waals surface area contributed by atoms with Crippen LogP contribution < -0.4 is 0 Å². The molecule has 1 unspecified atom stereocenters. The van der Waals surface area contributed by atoms with Crippen LogP contribution in [0.3, 0.4) is 0 Å². The molecule has 0 radical (unpaired) electrons. The normalized spacial score (nSPS) is 30.3. The molecule has 4 heteroatoms. The van der Waals surface area contributed by atoms with Crippen LogP contribution in [0.15, 0.2) is 0 Å². The van der Waals surface area contributed by atoms with Crippen molar-refractivity contribution in [1.82, 2.24) is 9.80 Å². The minimum absolute atomic E-state index is 0.114. The zero-order chi connectivity index (χ0) is 14.7. The van der Waals surface area contributed by atoms with Gasteiger partial charge in [0, 0.05) is 44.1 Å². The predicted octanol–water partition coefficient (Wildman–Crippen LogP) is 1.50. The lowest BCUT2D eigenvalue weighted by molar-refractivity contribution is -0.131. The van der Waals surface area contributed by atoms with Crippen LogP contribution in [0, 0.1) is 18.3 Å². The summed E-state index contributed by atoms with van der Waals surface area (Å²) >= 11 is 0. The molecule has 3 rings (SSSR count). The Morgan fingerprint density at radius 3 is 2.57 bits per heavy atom. The fourth-order valence-corrected chi connectivity index (χ4v) is 4.21. The van der Waals surface area contributed by atoms with Gasteiger partial charge in [-0.3, -0.25) is 9.69 Å². The van der Waals surface area contributed by atoms with E-state index in [4.69, 9.17) is 11.2 Å². The SMILES string of the molecule is C#CC1CC(=O)N(CC2(N3CCOCC3)CCCCC2)C1. The molecule has 2 heterocycles. The summed E-state index contributed by atoms with van der Waals surface area (Å²) in [6.07, 6.45) is 12.3. The monoisotopic (exact) mass is 290 g/mol. The van der Waals surface area contributed by atoms with Gasteiger partial charge in [0.05, 0.1) is 13.2 Å². The molecule has 0 N–H and O–H groups in total. The van der Waals surface area contributed by atoms with Crippen LogP contribution in [0.4, 0.5) is 0 Å². The Labute approximate surface area is 127 Å². The quantitative estimate of drug-likeness (QED) is 0.739. The fourth-order valence-electron chi connectivity index (χ4n) is 4.21. The molecule has 116 valence electrons. The summed E-state index contributed by atoms with van der Waals surface area (Å²) in [5, 5.41) is 0. The van der Waals surface area contributed by atoms with Crippen molar-refractivity contribution in [3.05, 3.63) is 0 Å². The molecule has 1 atom stereocenters. The maximum Gasteiger partial charge on any atom is 0.223 e. The van der Waals surface area contributed by atoms with Gasteiger partial charge in [-0.2, -0.15) is 0 Å². The summed E-state index contributed by atoms with van der Waals surface area (Å²) in [4.78, 5) is 16.9. The summed E-state index contributed by atoms with van der Waals surface area (Å²) in [5.41, 5.74) is 0.168. The Morgan fingerprint density at radius 2 is 1.95 bits per heavy atom. The maximum atomic E-state index is 12.2. The Morgan fingerprint density at radius 1 is 1.24 bits per heavy atom. The highest BCUT2D eigenvalue weighted by Gasteiger charge is 2.42. The van der Waals surface area contributed by atoms with E-state index in [1.54, 1.807) is 0 Å². The number of rotatable bonds is 3. The lowest BCUT2D eigenvalue weighted by Gasteiger charge is -2.49. The number of amides is 1. The van der Waals surface area contributed by atoms with E-state index in [1.165, 1.54) is 32.1 Å². The molecule has 2 aliphatic heterocycles. The van der Waals surface area contributed by atoms with Crippen molar-refractivity contribution in [1.29, 1.82) is 0 Å². The van der Waals surface area contributed by atoms with Gasteiger partial charge in [0.15, 0.2) is 0 Å². The largest absolute Gasteiger partial charge is 0.379 e. The van der Waals surface area contributed by atoms with E-state index in [9.17, 15) is 4.79 Å². The third-order valence-electron chi connectivity index (χ3n) is 5.40. The van der Waals surface area contributed by atoms with Crippen molar-refractivity contribution in [3.8, 4) is 12.3 Å². The van der Waals surface area contributed by atoms with Crippen LogP contribution in [0.2, 0.25) is 0 Å². The lowest BCUT2D eigenvalue weighted by atomic mass is 9.79. The number of hydrogen-bond acceptors (Lipinski definition) is 3. The van der Waals surface area contributed by atoms with Gasteiger partial charge in [-0.15, -0.1) is 12.3 Å².